The average molecular weight is 430 g/mol. The van der Waals surface area contributed by atoms with E-state index in [0.717, 1.165) is 30.5 Å². The maximum atomic E-state index is 13.0. The van der Waals surface area contributed by atoms with Crippen molar-refractivity contribution in [2.24, 2.45) is 0 Å². The van der Waals surface area contributed by atoms with Crippen LogP contribution in [-0.4, -0.2) is 72.8 Å². The molecule has 0 radical (unpaired) electrons. The van der Waals surface area contributed by atoms with Gasteiger partial charge in [0.25, 0.3) is 0 Å². The first-order chi connectivity index (χ1) is 14.6. The number of anilines is 1. The Morgan fingerprint density at radius 2 is 1.74 bits per heavy atom. The van der Waals surface area contributed by atoms with Gasteiger partial charge in [-0.25, -0.2) is 9.59 Å². The monoisotopic (exact) mass is 429 g/mol. The number of fused-ring (bicyclic) bond motifs is 1. The summed E-state index contributed by atoms with van der Waals surface area (Å²) in [6, 6.07) is 7.56. The Balaban J connectivity index is 1.45. The van der Waals surface area contributed by atoms with E-state index >= 15 is 0 Å². The fraction of sp³-hybridized carbons (Fsp3) is 0.609. The predicted molar refractivity (Wildman–Crippen MR) is 115 cm³/mol. The third-order valence-electron chi connectivity index (χ3n) is 6.52. The zero-order valence-electron chi connectivity index (χ0n) is 18.7. The summed E-state index contributed by atoms with van der Waals surface area (Å²) in [6.07, 6.45) is 2.25. The summed E-state index contributed by atoms with van der Waals surface area (Å²) < 4.78 is 10.5. The lowest BCUT2D eigenvalue weighted by molar-refractivity contribution is -0.151. The highest BCUT2D eigenvalue weighted by molar-refractivity contribution is 5.95. The number of ether oxygens (including phenoxy) is 2. The number of carbonyl (C=O) groups excluding carboxylic acids is 3. The SMILES string of the molecule is COC(=O)C1(c2ccc(N3C[C@@H]4CN(C(=O)OC(C)(C)C)CCN4C3=O)cc2)CCC1. The first-order valence-electron chi connectivity index (χ1n) is 10.9. The third-order valence-corrected chi connectivity index (χ3v) is 6.52. The highest BCUT2D eigenvalue weighted by Crippen LogP contribution is 2.45. The smallest absolute Gasteiger partial charge is 0.410 e. The third kappa shape index (κ3) is 3.83. The van der Waals surface area contributed by atoms with Crippen molar-refractivity contribution in [1.29, 1.82) is 0 Å². The normalized spacial score (nSPS) is 22.6. The van der Waals surface area contributed by atoms with Crippen molar-refractivity contribution in [1.82, 2.24) is 9.80 Å². The van der Waals surface area contributed by atoms with Crippen molar-refractivity contribution in [3.63, 3.8) is 0 Å². The zero-order valence-corrected chi connectivity index (χ0v) is 18.7. The van der Waals surface area contributed by atoms with Gasteiger partial charge in [0.2, 0.25) is 0 Å². The molecule has 1 atom stereocenters. The van der Waals surface area contributed by atoms with Crippen molar-refractivity contribution in [2.45, 2.75) is 57.1 Å². The van der Waals surface area contributed by atoms with E-state index in [4.69, 9.17) is 9.47 Å². The second kappa shape index (κ2) is 7.73. The number of esters is 1. The summed E-state index contributed by atoms with van der Waals surface area (Å²) >= 11 is 0. The van der Waals surface area contributed by atoms with Gasteiger partial charge in [-0.2, -0.15) is 0 Å². The lowest BCUT2D eigenvalue weighted by atomic mass is 9.64. The van der Waals surface area contributed by atoms with Crippen LogP contribution in [-0.2, 0) is 19.7 Å². The Bertz CT molecular complexity index is 872. The average Bonchev–Trinajstić information content (AvgIpc) is 3.02. The van der Waals surface area contributed by atoms with Crippen LogP contribution in [0.2, 0.25) is 0 Å². The van der Waals surface area contributed by atoms with Crippen molar-refractivity contribution >= 4 is 23.8 Å². The first kappa shape index (κ1) is 21.5. The Hall–Kier alpha value is -2.77. The van der Waals surface area contributed by atoms with Gasteiger partial charge in [-0.3, -0.25) is 9.69 Å². The molecule has 2 aliphatic heterocycles. The van der Waals surface area contributed by atoms with Gasteiger partial charge in [-0.1, -0.05) is 18.6 Å². The fourth-order valence-corrected chi connectivity index (χ4v) is 4.71. The highest BCUT2D eigenvalue weighted by atomic mass is 16.6. The number of hydrogen-bond donors (Lipinski definition) is 0. The number of piperazine rings is 1. The molecule has 4 rings (SSSR count). The lowest BCUT2D eigenvalue weighted by Crippen LogP contribution is -2.54. The minimum Gasteiger partial charge on any atom is -0.468 e. The van der Waals surface area contributed by atoms with Gasteiger partial charge in [0.05, 0.1) is 18.6 Å². The molecule has 31 heavy (non-hydrogen) atoms. The first-order valence-corrected chi connectivity index (χ1v) is 10.9. The van der Waals surface area contributed by atoms with E-state index in [9.17, 15) is 14.4 Å². The molecule has 0 spiro atoms. The molecule has 3 fully saturated rings. The molecule has 1 aromatic rings. The van der Waals surface area contributed by atoms with Crippen LogP contribution in [0, 0.1) is 0 Å². The second-order valence-electron chi connectivity index (χ2n) is 9.64. The van der Waals surface area contributed by atoms with Crippen molar-refractivity contribution in [3.05, 3.63) is 29.8 Å². The summed E-state index contributed by atoms with van der Waals surface area (Å²) in [6.45, 7) is 7.47. The van der Waals surface area contributed by atoms with E-state index in [1.54, 1.807) is 9.80 Å². The molecule has 2 heterocycles. The van der Waals surface area contributed by atoms with Crippen LogP contribution in [0.5, 0.6) is 0 Å². The summed E-state index contributed by atoms with van der Waals surface area (Å²) in [7, 11) is 1.43. The van der Waals surface area contributed by atoms with Gasteiger partial charge >= 0.3 is 18.1 Å². The zero-order chi connectivity index (χ0) is 22.4. The number of hydrogen-bond acceptors (Lipinski definition) is 5. The van der Waals surface area contributed by atoms with Crippen LogP contribution < -0.4 is 4.90 Å². The number of methoxy groups -OCH3 is 1. The van der Waals surface area contributed by atoms with E-state index in [1.807, 2.05) is 49.9 Å². The number of benzene rings is 1. The lowest BCUT2D eigenvalue weighted by Gasteiger charge is -2.39. The van der Waals surface area contributed by atoms with Gasteiger partial charge in [-0.05, 0) is 51.3 Å². The van der Waals surface area contributed by atoms with E-state index in [1.165, 1.54) is 7.11 Å². The Morgan fingerprint density at radius 1 is 1.06 bits per heavy atom. The number of urea groups is 1. The molecular formula is C23H31N3O5. The Kier molecular flexibility index (Phi) is 5.35. The van der Waals surface area contributed by atoms with Crippen molar-refractivity contribution in [3.8, 4) is 0 Å². The van der Waals surface area contributed by atoms with Crippen LogP contribution in [0.15, 0.2) is 24.3 Å². The standard InChI is InChI=1S/C23H31N3O5/c1-22(2,3)31-21(29)24-12-13-25-18(14-24)15-26(20(25)28)17-8-6-16(7-9-17)23(10-5-11-23)19(27)30-4/h6-9,18H,5,10-15H2,1-4H3/t18-/m0/s1. The van der Waals surface area contributed by atoms with Gasteiger partial charge in [0.1, 0.15) is 5.60 Å². The van der Waals surface area contributed by atoms with Crippen LogP contribution in [0.3, 0.4) is 0 Å². The van der Waals surface area contributed by atoms with E-state index in [-0.39, 0.29) is 24.1 Å². The molecule has 0 unspecified atom stereocenters. The largest absolute Gasteiger partial charge is 0.468 e. The molecule has 0 N–H and O–H groups in total. The summed E-state index contributed by atoms with van der Waals surface area (Å²) in [4.78, 5) is 43.0. The quantitative estimate of drug-likeness (QED) is 0.690. The van der Waals surface area contributed by atoms with E-state index in [2.05, 4.69) is 0 Å². The summed E-state index contributed by atoms with van der Waals surface area (Å²) in [5, 5.41) is 0. The summed E-state index contributed by atoms with van der Waals surface area (Å²) in [5.74, 6) is -0.192. The maximum absolute atomic E-state index is 13.0. The maximum Gasteiger partial charge on any atom is 0.410 e. The molecule has 0 bridgehead atoms. The molecule has 0 aromatic heterocycles. The molecule has 3 aliphatic rings. The molecule has 3 amide bonds. The minimum atomic E-state index is -0.548. The van der Waals surface area contributed by atoms with Gasteiger partial charge < -0.3 is 19.3 Å². The minimum absolute atomic E-state index is 0.0482. The summed E-state index contributed by atoms with van der Waals surface area (Å²) in [5.41, 5.74) is 0.643. The van der Waals surface area contributed by atoms with E-state index < -0.39 is 11.0 Å². The second-order valence-corrected chi connectivity index (χ2v) is 9.64. The van der Waals surface area contributed by atoms with Gasteiger partial charge in [-0.15, -0.1) is 0 Å². The topological polar surface area (TPSA) is 79.4 Å². The molecule has 1 saturated carbocycles. The predicted octanol–water partition coefficient (Wildman–Crippen LogP) is 3.14. The molecule has 2 saturated heterocycles. The number of nitrogens with zero attached hydrogens (tertiary/aromatic N) is 3. The van der Waals surface area contributed by atoms with Crippen molar-refractivity contribution < 1.29 is 23.9 Å². The van der Waals surface area contributed by atoms with Crippen molar-refractivity contribution in [2.75, 3.05) is 38.2 Å². The van der Waals surface area contributed by atoms with Crippen LogP contribution in [0.25, 0.3) is 0 Å². The number of rotatable bonds is 3. The molecule has 8 nitrogen and oxygen atoms in total. The molecule has 1 aliphatic carbocycles. The number of carbonyl (C=O) groups is 3. The molecular weight excluding hydrogens is 398 g/mol. The Morgan fingerprint density at radius 3 is 2.29 bits per heavy atom. The van der Waals surface area contributed by atoms with Crippen LogP contribution in [0.1, 0.15) is 45.6 Å². The molecule has 8 heteroatoms. The highest BCUT2D eigenvalue weighted by Gasteiger charge is 2.47. The molecule has 168 valence electrons. The van der Waals surface area contributed by atoms with Crippen LogP contribution in [0.4, 0.5) is 15.3 Å². The van der Waals surface area contributed by atoms with Crippen LogP contribution >= 0.6 is 0 Å². The Labute approximate surface area is 183 Å². The van der Waals surface area contributed by atoms with Gasteiger partial charge in [0, 0.05) is 31.9 Å². The fourth-order valence-electron chi connectivity index (χ4n) is 4.71. The van der Waals surface area contributed by atoms with E-state index in [0.29, 0.717) is 26.2 Å². The number of amides is 3. The van der Waals surface area contributed by atoms with Gasteiger partial charge in [0.15, 0.2) is 0 Å². The molecule has 1 aromatic carbocycles.